The van der Waals surface area contributed by atoms with Gasteiger partial charge in [-0.3, -0.25) is 4.79 Å². The Hall–Kier alpha value is -1.25. The summed E-state index contributed by atoms with van der Waals surface area (Å²) in [4.78, 5) is 12.1. The topological polar surface area (TPSA) is 71.8 Å². The Morgan fingerprint density at radius 3 is 2.90 bits per heavy atom. The van der Waals surface area contributed by atoms with Gasteiger partial charge in [0.1, 0.15) is 0 Å². The monoisotopic (exact) mass is 399 g/mol. The molecule has 0 spiro atoms. The Bertz CT molecular complexity index is 653. The van der Waals surface area contributed by atoms with E-state index in [4.69, 9.17) is 0 Å². The van der Waals surface area contributed by atoms with E-state index in [1.807, 2.05) is 18.2 Å². The van der Waals surface area contributed by atoms with Gasteiger partial charge in [-0.05, 0) is 34.1 Å². The minimum atomic E-state index is -0.276. The first kappa shape index (κ1) is 13.7. The molecule has 0 saturated carbocycles. The predicted octanol–water partition coefficient (Wildman–Crippen LogP) is 2.20. The van der Waals surface area contributed by atoms with Gasteiger partial charge in [0, 0.05) is 22.0 Å². The van der Waals surface area contributed by atoms with Crippen LogP contribution in [0.4, 0.5) is 5.69 Å². The molecule has 0 aliphatic carbocycles. The number of aromatic nitrogens is 3. The maximum atomic E-state index is 12.1. The molecule has 0 unspecified atom stereocenters. The summed E-state index contributed by atoms with van der Waals surface area (Å²) in [7, 11) is 0. The third-order valence-corrected chi connectivity index (χ3v) is 4.24. The first-order valence-corrected chi connectivity index (χ1v) is 7.61. The molecule has 1 fully saturated rings. The second kappa shape index (κ2) is 5.63. The molecule has 6 nitrogen and oxygen atoms in total. The van der Waals surface area contributed by atoms with Crippen molar-refractivity contribution in [2.75, 3.05) is 18.4 Å². The highest BCUT2D eigenvalue weighted by molar-refractivity contribution is 9.11. The Morgan fingerprint density at radius 2 is 2.20 bits per heavy atom. The average Bonchev–Trinajstić information content (AvgIpc) is 2.81. The fourth-order valence-electron chi connectivity index (χ4n) is 1.80. The van der Waals surface area contributed by atoms with Gasteiger partial charge < -0.3 is 10.6 Å². The number of hydrogen-bond acceptors (Lipinski definition) is 4. The smallest absolute Gasteiger partial charge is 0.277 e. The number of benzene rings is 1. The van der Waals surface area contributed by atoms with Crippen molar-refractivity contribution in [2.45, 2.75) is 6.04 Å². The molecule has 1 aromatic heterocycles. The standard InChI is InChI=1S/C12H11Br2N5O/c13-7-1-2-9(14)10(3-7)16-12(20)11-6-19(18-17-11)8-4-15-5-8/h1-3,6,8,15H,4-5H2,(H,16,20). The van der Waals surface area contributed by atoms with Crippen LogP contribution in [0.15, 0.2) is 33.3 Å². The van der Waals surface area contributed by atoms with Crippen molar-refractivity contribution in [2.24, 2.45) is 0 Å². The molecule has 1 aliphatic heterocycles. The van der Waals surface area contributed by atoms with Crippen LogP contribution < -0.4 is 10.6 Å². The summed E-state index contributed by atoms with van der Waals surface area (Å²) in [5.74, 6) is -0.276. The maximum Gasteiger partial charge on any atom is 0.277 e. The van der Waals surface area contributed by atoms with Crippen LogP contribution in [0.1, 0.15) is 16.5 Å². The van der Waals surface area contributed by atoms with Gasteiger partial charge in [-0.2, -0.15) is 0 Å². The van der Waals surface area contributed by atoms with Crippen molar-refractivity contribution in [3.8, 4) is 0 Å². The molecule has 8 heteroatoms. The zero-order valence-electron chi connectivity index (χ0n) is 10.3. The van der Waals surface area contributed by atoms with Gasteiger partial charge in [0.25, 0.3) is 5.91 Å². The van der Waals surface area contributed by atoms with Crippen molar-refractivity contribution in [3.63, 3.8) is 0 Å². The Labute approximate surface area is 132 Å². The summed E-state index contributed by atoms with van der Waals surface area (Å²) in [6.45, 7) is 1.73. The van der Waals surface area contributed by atoms with Crippen molar-refractivity contribution < 1.29 is 4.79 Å². The van der Waals surface area contributed by atoms with E-state index in [0.29, 0.717) is 17.4 Å². The van der Waals surface area contributed by atoms with Gasteiger partial charge in [-0.25, -0.2) is 4.68 Å². The second-order valence-corrected chi connectivity index (χ2v) is 6.24. The molecule has 2 aromatic rings. The van der Waals surface area contributed by atoms with Gasteiger partial charge in [-0.1, -0.05) is 21.1 Å². The molecule has 2 heterocycles. The van der Waals surface area contributed by atoms with E-state index in [-0.39, 0.29) is 5.91 Å². The fraction of sp³-hybridized carbons (Fsp3) is 0.250. The zero-order chi connectivity index (χ0) is 14.1. The minimum absolute atomic E-state index is 0.276. The van der Waals surface area contributed by atoms with Gasteiger partial charge >= 0.3 is 0 Å². The van der Waals surface area contributed by atoms with Crippen LogP contribution in [0.5, 0.6) is 0 Å². The van der Waals surface area contributed by atoms with Crippen LogP contribution in [0.3, 0.4) is 0 Å². The number of nitrogens with zero attached hydrogens (tertiary/aromatic N) is 3. The molecule has 1 aromatic carbocycles. The summed E-state index contributed by atoms with van der Waals surface area (Å²) in [6.07, 6.45) is 1.67. The number of carbonyl (C=O) groups is 1. The molecular formula is C12H11Br2N5O. The van der Waals surface area contributed by atoms with Gasteiger partial charge in [0.2, 0.25) is 0 Å². The minimum Gasteiger partial charge on any atom is -0.319 e. The molecule has 1 aliphatic rings. The third-order valence-electron chi connectivity index (χ3n) is 3.05. The molecule has 3 rings (SSSR count). The van der Waals surface area contributed by atoms with Crippen LogP contribution in [0, 0.1) is 0 Å². The lowest BCUT2D eigenvalue weighted by Gasteiger charge is -2.26. The highest BCUT2D eigenvalue weighted by Crippen LogP contribution is 2.26. The number of anilines is 1. The van der Waals surface area contributed by atoms with Crippen molar-refractivity contribution in [3.05, 3.63) is 39.0 Å². The van der Waals surface area contributed by atoms with Crippen LogP contribution in [-0.2, 0) is 0 Å². The lowest BCUT2D eigenvalue weighted by Crippen LogP contribution is -2.43. The zero-order valence-corrected chi connectivity index (χ0v) is 13.5. The first-order chi connectivity index (χ1) is 9.63. The van der Waals surface area contributed by atoms with Crippen LogP contribution in [-0.4, -0.2) is 34.0 Å². The third kappa shape index (κ3) is 2.77. The van der Waals surface area contributed by atoms with E-state index in [9.17, 15) is 4.79 Å². The molecule has 2 N–H and O–H groups in total. The Balaban J connectivity index is 1.75. The largest absolute Gasteiger partial charge is 0.319 e. The summed E-state index contributed by atoms with van der Waals surface area (Å²) in [5, 5.41) is 13.9. The normalized spacial score (nSPS) is 14.9. The van der Waals surface area contributed by atoms with Crippen LogP contribution in [0.25, 0.3) is 0 Å². The van der Waals surface area contributed by atoms with E-state index in [0.717, 1.165) is 22.0 Å². The van der Waals surface area contributed by atoms with E-state index >= 15 is 0 Å². The molecule has 1 saturated heterocycles. The van der Waals surface area contributed by atoms with Crippen LogP contribution in [0.2, 0.25) is 0 Å². The molecule has 0 atom stereocenters. The highest BCUT2D eigenvalue weighted by atomic mass is 79.9. The molecule has 104 valence electrons. The fourth-order valence-corrected chi connectivity index (χ4v) is 2.51. The number of carbonyl (C=O) groups excluding carboxylic acids is 1. The lowest BCUT2D eigenvalue weighted by molar-refractivity contribution is 0.102. The number of hydrogen-bond donors (Lipinski definition) is 2. The number of halogens is 2. The van der Waals surface area contributed by atoms with Crippen molar-refractivity contribution in [1.82, 2.24) is 20.3 Å². The van der Waals surface area contributed by atoms with E-state index in [1.165, 1.54) is 0 Å². The summed E-state index contributed by atoms with van der Waals surface area (Å²) in [5.41, 5.74) is 0.994. The molecule has 20 heavy (non-hydrogen) atoms. The Kier molecular flexibility index (Phi) is 3.86. The lowest BCUT2D eigenvalue weighted by atomic mass is 10.2. The summed E-state index contributed by atoms with van der Waals surface area (Å²) < 4.78 is 3.42. The average molecular weight is 401 g/mol. The quantitative estimate of drug-likeness (QED) is 0.828. The second-order valence-electron chi connectivity index (χ2n) is 4.47. The van der Waals surface area contributed by atoms with E-state index in [1.54, 1.807) is 10.9 Å². The highest BCUT2D eigenvalue weighted by Gasteiger charge is 2.21. The summed E-state index contributed by atoms with van der Waals surface area (Å²) in [6, 6.07) is 5.86. The molecule has 0 radical (unpaired) electrons. The maximum absolute atomic E-state index is 12.1. The molecular weight excluding hydrogens is 390 g/mol. The van der Waals surface area contributed by atoms with Gasteiger partial charge in [0.05, 0.1) is 17.9 Å². The van der Waals surface area contributed by atoms with E-state index in [2.05, 4.69) is 52.8 Å². The first-order valence-electron chi connectivity index (χ1n) is 6.02. The van der Waals surface area contributed by atoms with Crippen molar-refractivity contribution >= 4 is 43.5 Å². The van der Waals surface area contributed by atoms with Crippen molar-refractivity contribution in [1.29, 1.82) is 0 Å². The van der Waals surface area contributed by atoms with Crippen LogP contribution >= 0.6 is 31.9 Å². The Morgan fingerprint density at radius 1 is 1.40 bits per heavy atom. The summed E-state index contributed by atoms with van der Waals surface area (Å²) >= 11 is 6.77. The van der Waals surface area contributed by atoms with Gasteiger partial charge in [-0.15, -0.1) is 5.10 Å². The number of amides is 1. The van der Waals surface area contributed by atoms with Gasteiger partial charge in [0.15, 0.2) is 5.69 Å². The number of nitrogens with one attached hydrogen (secondary N) is 2. The predicted molar refractivity (Wildman–Crippen MR) is 81.7 cm³/mol. The molecule has 1 amide bonds. The van der Waals surface area contributed by atoms with E-state index < -0.39 is 0 Å². The number of rotatable bonds is 3. The SMILES string of the molecule is O=C(Nc1cc(Br)ccc1Br)c1cn(C2CNC2)nn1. The molecule has 0 bridgehead atoms.